The first-order chi connectivity index (χ1) is 9.67. The highest BCUT2D eigenvalue weighted by Gasteiger charge is 2.02. The van der Waals surface area contributed by atoms with Gasteiger partial charge in [0.15, 0.2) is 0 Å². The van der Waals surface area contributed by atoms with Gasteiger partial charge in [-0.05, 0) is 25.0 Å². The molecule has 5 heteroatoms. The molecule has 0 aliphatic rings. The smallest absolute Gasteiger partial charge is 0.218 e. The molecule has 0 unspecified atom stereocenters. The molecule has 0 fully saturated rings. The van der Waals surface area contributed by atoms with Crippen molar-refractivity contribution in [1.29, 1.82) is 0 Å². The van der Waals surface area contributed by atoms with Crippen LogP contribution in [-0.4, -0.2) is 16.1 Å². The van der Waals surface area contributed by atoms with E-state index in [4.69, 9.17) is 16.3 Å². The molecule has 0 radical (unpaired) electrons. The SMILES string of the molecule is CC(C)Oc1cc(NCc2ccc(CCl)cc2)ncn1. The Balaban J connectivity index is 1.95. The van der Waals surface area contributed by atoms with Gasteiger partial charge in [-0.1, -0.05) is 24.3 Å². The molecule has 1 heterocycles. The monoisotopic (exact) mass is 291 g/mol. The molecule has 0 atom stereocenters. The lowest BCUT2D eigenvalue weighted by Gasteiger charge is -2.10. The summed E-state index contributed by atoms with van der Waals surface area (Å²) in [5.41, 5.74) is 2.29. The Kier molecular flexibility index (Phi) is 5.18. The molecule has 0 aliphatic heterocycles. The summed E-state index contributed by atoms with van der Waals surface area (Å²) >= 11 is 5.76. The van der Waals surface area contributed by atoms with E-state index in [0.29, 0.717) is 18.3 Å². The minimum Gasteiger partial charge on any atom is -0.475 e. The first-order valence-electron chi connectivity index (χ1n) is 6.53. The number of anilines is 1. The number of rotatable bonds is 6. The van der Waals surface area contributed by atoms with Crippen molar-refractivity contribution >= 4 is 17.4 Å². The molecule has 20 heavy (non-hydrogen) atoms. The Bertz CT molecular complexity index is 543. The molecule has 0 spiro atoms. The van der Waals surface area contributed by atoms with Crippen molar-refractivity contribution in [2.24, 2.45) is 0 Å². The normalized spacial score (nSPS) is 10.6. The summed E-state index contributed by atoms with van der Waals surface area (Å²) in [6.07, 6.45) is 1.59. The first kappa shape index (κ1) is 14.6. The van der Waals surface area contributed by atoms with Crippen molar-refractivity contribution < 1.29 is 4.74 Å². The molecule has 1 aromatic heterocycles. The molecule has 1 aromatic carbocycles. The van der Waals surface area contributed by atoms with Gasteiger partial charge in [0, 0.05) is 18.5 Å². The predicted molar refractivity (Wildman–Crippen MR) is 81.1 cm³/mol. The zero-order valence-electron chi connectivity index (χ0n) is 11.6. The van der Waals surface area contributed by atoms with Crippen molar-refractivity contribution in [3.63, 3.8) is 0 Å². The van der Waals surface area contributed by atoms with Crippen LogP contribution in [0.3, 0.4) is 0 Å². The van der Waals surface area contributed by atoms with Crippen molar-refractivity contribution in [3.05, 3.63) is 47.8 Å². The van der Waals surface area contributed by atoms with Crippen LogP contribution >= 0.6 is 11.6 Å². The second-order valence-corrected chi connectivity index (χ2v) is 4.98. The van der Waals surface area contributed by atoms with Crippen LogP contribution in [0.5, 0.6) is 5.88 Å². The molecule has 2 aromatic rings. The van der Waals surface area contributed by atoms with Gasteiger partial charge in [0.25, 0.3) is 0 Å². The van der Waals surface area contributed by atoms with Gasteiger partial charge in [0.2, 0.25) is 5.88 Å². The zero-order valence-corrected chi connectivity index (χ0v) is 12.4. The van der Waals surface area contributed by atoms with Gasteiger partial charge in [0.05, 0.1) is 6.10 Å². The first-order valence-corrected chi connectivity index (χ1v) is 7.07. The minimum atomic E-state index is 0.0980. The quantitative estimate of drug-likeness (QED) is 0.826. The molecule has 2 rings (SSSR count). The fourth-order valence-electron chi connectivity index (χ4n) is 1.68. The fourth-order valence-corrected chi connectivity index (χ4v) is 1.86. The molecule has 106 valence electrons. The van der Waals surface area contributed by atoms with Gasteiger partial charge >= 0.3 is 0 Å². The van der Waals surface area contributed by atoms with E-state index in [-0.39, 0.29) is 6.10 Å². The van der Waals surface area contributed by atoms with Gasteiger partial charge < -0.3 is 10.1 Å². The fraction of sp³-hybridized carbons (Fsp3) is 0.333. The van der Waals surface area contributed by atoms with E-state index in [0.717, 1.165) is 11.4 Å². The number of hydrogen-bond acceptors (Lipinski definition) is 4. The number of ether oxygens (including phenoxy) is 1. The van der Waals surface area contributed by atoms with Crippen LogP contribution in [0.4, 0.5) is 5.82 Å². The summed E-state index contributed by atoms with van der Waals surface area (Å²) in [7, 11) is 0. The van der Waals surface area contributed by atoms with Crippen LogP contribution in [0, 0.1) is 0 Å². The highest BCUT2D eigenvalue weighted by Crippen LogP contribution is 2.14. The molecular formula is C15H18ClN3O. The Hall–Kier alpha value is -1.81. The Morgan fingerprint density at radius 2 is 1.85 bits per heavy atom. The van der Waals surface area contributed by atoms with Gasteiger partial charge in [0.1, 0.15) is 12.1 Å². The molecule has 4 nitrogen and oxygen atoms in total. The highest BCUT2D eigenvalue weighted by molar-refractivity contribution is 6.17. The van der Waals surface area contributed by atoms with Crippen molar-refractivity contribution in [3.8, 4) is 5.88 Å². The largest absolute Gasteiger partial charge is 0.475 e. The van der Waals surface area contributed by atoms with E-state index in [1.807, 2.05) is 26.0 Å². The third-order valence-corrected chi connectivity index (χ3v) is 2.96. The van der Waals surface area contributed by atoms with Gasteiger partial charge in [-0.2, -0.15) is 0 Å². The second-order valence-electron chi connectivity index (χ2n) is 4.71. The summed E-state index contributed by atoms with van der Waals surface area (Å²) in [6, 6.07) is 9.95. The van der Waals surface area contributed by atoms with E-state index < -0.39 is 0 Å². The number of benzene rings is 1. The molecule has 0 bridgehead atoms. The number of halogens is 1. The molecule has 0 aliphatic carbocycles. The van der Waals surface area contributed by atoms with Crippen LogP contribution in [0.2, 0.25) is 0 Å². The average molecular weight is 292 g/mol. The highest BCUT2D eigenvalue weighted by atomic mass is 35.5. The number of aromatic nitrogens is 2. The Labute approximate surface area is 124 Å². The van der Waals surface area contributed by atoms with E-state index in [2.05, 4.69) is 27.4 Å². The third kappa shape index (κ3) is 4.38. The molecule has 0 saturated carbocycles. The minimum absolute atomic E-state index is 0.0980. The Morgan fingerprint density at radius 1 is 1.15 bits per heavy atom. The lowest BCUT2D eigenvalue weighted by Crippen LogP contribution is -2.08. The topological polar surface area (TPSA) is 47.0 Å². The maximum atomic E-state index is 5.76. The standard InChI is InChI=1S/C15H18ClN3O/c1-11(2)20-15-7-14(18-10-19-15)17-9-13-5-3-12(8-16)4-6-13/h3-7,10-11H,8-9H2,1-2H3,(H,17,18,19). The van der Waals surface area contributed by atoms with Crippen LogP contribution < -0.4 is 10.1 Å². The number of hydrogen-bond donors (Lipinski definition) is 1. The third-order valence-electron chi connectivity index (χ3n) is 2.65. The Morgan fingerprint density at radius 3 is 2.50 bits per heavy atom. The van der Waals surface area contributed by atoms with E-state index in [9.17, 15) is 0 Å². The van der Waals surface area contributed by atoms with Crippen LogP contribution in [0.25, 0.3) is 0 Å². The predicted octanol–water partition coefficient (Wildman–Crippen LogP) is 3.61. The van der Waals surface area contributed by atoms with Crippen molar-refractivity contribution in [2.45, 2.75) is 32.4 Å². The summed E-state index contributed by atoms with van der Waals surface area (Å²) < 4.78 is 5.53. The maximum absolute atomic E-state index is 5.76. The molecule has 0 saturated heterocycles. The van der Waals surface area contributed by atoms with Crippen molar-refractivity contribution in [2.75, 3.05) is 5.32 Å². The summed E-state index contributed by atoms with van der Waals surface area (Å²) in [5, 5.41) is 3.25. The average Bonchev–Trinajstić information content (AvgIpc) is 2.45. The van der Waals surface area contributed by atoms with Crippen LogP contribution in [0.1, 0.15) is 25.0 Å². The van der Waals surface area contributed by atoms with Crippen LogP contribution in [-0.2, 0) is 12.4 Å². The second kappa shape index (κ2) is 7.10. The number of alkyl halides is 1. The van der Waals surface area contributed by atoms with Gasteiger partial charge in [-0.3, -0.25) is 0 Å². The van der Waals surface area contributed by atoms with Gasteiger partial charge in [-0.15, -0.1) is 11.6 Å². The molecule has 0 amide bonds. The van der Waals surface area contributed by atoms with E-state index in [1.54, 1.807) is 6.07 Å². The maximum Gasteiger partial charge on any atom is 0.218 e. The summed E-state index contributed by atoms with van der Waals surface area (Å²) in [5.74, 6) is 1.86. The van der Waals surface area contributed by atoms with Crippen LogP contribution in [0.15, 0.2) is 36.7 Å². The molecular weight excluding hydrogens is 274 g/mol. The van der Waals surface area contributed by atoms with Crippen molar-refractivity contribution in [1.82, 2.24) is 9.97 Å². The van der Waals surface area contributed by atoms with E-state index in [1.165, 1.54) is 11.9 Å². The van der Waals surface area contributed by atoms with E-state index >= 15 is 0 Å². The summed E-state index contributed by atoms with van der Waals surface area (Å²) in [4.78, 5) is 8.24. The zero-order chi connectivity index (χ0) is 14.4. The lowest BCUT2D eigenvalue weighted by atomic mass is 10.1. The van der Waals surface area contributed by atoms with Gasteiger partial charge in [-0.25, -0.2) is 9.97 Å². The number of nitrogens with one attached hydrogen (secondary N) is 1. The number of nitrogens with zero attached hydrogens (tertiary/aromatic N) is 2. The lowest BCUT2D eigenvalue weighted by molar-refractivity contribution is 0.232. The molecule has 1 N–H and O–H groups in total. The summed E-state index contributed by atoms with van der Waals surface area (Å²) in [6.45, 7) is 4.63.